The topological polar surface area (TPSA) is 52.6 Å². The highest BCUT2D eigenvalue weighted by Crippen LogP contribution is 2.26. The minimum absolute atomic E-state index is 0.0915. The summed E-state index contributed by atoms with van der Waals surface area (Å²) in [5, 5.41) is 0. The summed E-state index contributed by atoms with van der Waals surface area (Å²) in [7, 11) is 0. The number of rotatable bonds is 3. The highest BCUT2D eigenvalue weighted by atomic mass is 79.9. The molecular weight excluding hydrogens is 454 g/mol. The van der Waals surface area contributed by atoms with E-state index < -0.39 is 0 Å². The first-order valence-corrected chi connectivity index (χ1v) is 12.3. The second kappa shape index (κ2) is 8.87. The van der Waals surface area contributed by atoms with Gasteiger partial charge in [-0.3, -0.25) is 9.69 Å². The molecule has 1 saturated heterocycles. The van der Waals surface area contributed by atoms with Crippen LogP contribution in [0.5, 0.6) is 0 Å². The lowest BCUT2D eigenvalue weighted by atomic mass is 9.91. The van der Waals surface area contributed by atoms with Crippen molar-refractivity contribution in [2.75, 3.05) is 44.2 Å². The van der Waals surface area contributed by atoms with Crippen LogP contribution in [0.4, 0.5) is 5.95 Å². The van der Waals surface area contributed by atoms with Gasteiger partial charge in [0.1, 0.15) is 0 Å². The summed E-state index contributed by atoms with van der Waals surface area (Å²) >= 11 is 3.54. The summed E-state index contributed by atoms with van der Waals surface area (Å²) in [4.78, 5) is 29.6. The van der Waals surface area contributed by atoms with Crippen LogP contribution in [0, 0.1) is 6.92 Å². The fourth-order valence-electron chi connectivity index (χ4n) is 4.77. The van der Waals surface area contributed by atoms with Gasteiger partial charge in [-0.25, -0.2) is 9.97 Å². The highest BCUT2D eigenvalue weighted by Gasteiger charge is 2.29. The Morgan fingerprint density at radius 3 is 2.55 bits per heavy atom. The van der Waals surface area contributed by atoms with E-state index in [1.165, 1.54) is 24.8 Å². The number of carbonyl (C=O) groups excluding carboxylic acids is 1. The fourth-order valence-corrected chi connectivity index (χ4v) is 5.15. The molecule has 1 saturated carbocycles. The van der Waals surface area contributed by atoms with E-state index >= 15 is 0 Å². The maximum absolute atomic E-state index is 13.1. The molecule has 0 atom stereocenters. The van der Waals surface area contributed by atoms with Gasteiger partial charge in [-0.2, -0.15) is 0 Å². The summed E-state index contributed by atoms with van der Waals surface area (Å²) in [6.07, 6.45) is 7.70. The minimum Gasteiger partial charge on any atom is -0.338 e. The number of hydrogen-bond donors (Lipinski definition) is 0. The zero-order valence-electron chi connectivity index (χ0n) is 18.2. The first-order chi connectivity index (χ1) is 15.1. The molecule has 7 heteroatoms. The molecular formula is C24H30BrN5O. The van der Waals surface area contributed by atoms with Crippen LogP contribution in [0.25, 0.3) is 0 Å². The van der Waals surface area contributed by atoms with Gasteiger partial charge in [0.15, 0.2) is 0 Å². The zero-order valence-corrected chi connectivity index (χ0v) is 19.8. The van der Waals surface area contributed by atoms with Gasteiger partial charge >= 0.3 is 0 Å². The molecule has 31 heavy (non-hydrogen) atoms. The third kappa shape index (κ3) is 4.35. The number of piperazine rings is 1. The van der Waals surface area contributed by atoms with E-state index in [2.05, 4.69) is 25.7 Å². The van der Waals surface area contributed by atoms with Crippen molar-refractivity contribution in [3.05, 3.63) is 51.3 Å². The van der Waals surface area contributed by atoms with Crippen molar-refractivity contribution in [1.29, 1.82) is 0 Å². The van der Waals surface area contributed by atoms with Crippen molar-refractivity contribution < 1.29 is 4.79 Å². The number of benzene rings is 1. The molecule has 0 radical (unpaired) electrons. The quantitative estimate of drug-likeness (QED) is 0.668. The van der Waals surface area contributed by atoms with Crippen molar-refractivity contribution in [3.8, 4) is 0 Å². The number of anilines is 1. The number of amides is 1. The Kier molecular flexibility index (Phi) is 5.97. The molecule has 0 N–H and O–H groups in total. The number of hydrogen-bond acceptors (Lipinski definition) is 5. The smallest absolute Gasteiger partial charge is 0.253 e. The normalized spacial score (nSPS) is 20.2. The molecule has 2 aliphatic heterocycles. The van der Waals surface area contributed by atoms with Crippen LogP contribution in [0.2, 0.25) is 0 Å². The number of nitrogens with zero attached hydrogens (tertiary/aromatic N) is 5. The first kappa shape index (κ1) is 20.9. The molecule has 3 aliphatic rings. The summed E-state index contributed by atoms with van der Waals surface area (Å²) < 4.78 is 0.976. The number of aromatic nitrogens is 2. The van der Waals surface area contributed by atoms with E-state index in [1.54, 1.807) is 0 Å². The van der Waals surface area contributed by atoms with Gasteiger partial charge in [-0.15, -0.1) is 0 Å². The van der Waals surface area contributed by atoms with Gasteiger partial charge in [-0.1, -0.05) is 28.4 Å². The average molecular weight is 484 g/mol. The molecule has 1 aliphatic carbocycles. The monoisotopic (exact) mass is 483 g/mol. The van der Waals surface area contributed by atoms with Gasteiger partial charge in [-0.05, 0) is 49.4 Å². The Morgan fingerprint density at radius 2 is 1.84 bits per heavy atom. The third-order valence-corrected chi connectivity index (χ3v) is 7.96. The lowest BCUT2D eigenvalue weighted by Crippen LogP contribution is -2.52. The van der Waals surface area contributed by atoms with Crippen molar-refractivity contribution in [2.45, 2.75) is 45.1 Å². The summed E-state index contributed by atoms with van der Waals surface area (Å²) in [5.41, 5.74) is 4.15. The molecule has 2 aromatic rings. The fraction of sp³-hybridized carbons (Fsp3) is 0.542. The number of aryl methyl sites for hydroxylation is 1. The SMILES string of the molecule is Cc1ccc(C(=O)N2CCc3cnc(N4CCN(C5CCC5)CC4)nc3CC2)cc1Br. The van der Waals surface area contributed by atoms with E-state index in [0.717, 1.165) is 72.3 Å². The molecule has 6 nitrogen and oxygen atoms in total. The lowest BCUT2D eigenvalue weighted by Gasteiger charge is -2.43. The van der Waals surface area contributed by atoms with Gasteiger partial charge in [0.05, 0.1) is 5.69 Å². The standard InChI is InChI=1S/C24H30BrN5O/c1-17-5-6-18(15-21(17)25)23(31)29-9-7-19-16-26-24(27-22(19)8-10-29)30-13-11-28(12-14-30)20-3-2-4-20/h5-6,15-16,20H,2-4,7-14H2,1H3. The second-order valence-electron chi connectivity index (χ2n) is 9.01. The van der Waals surface area contributed by atoms with Crippen LogP contribution in [0.1, 0.15) is 46.4 Å². The largest absolute Gasteiger partial charge is 0.338 e. The molecule has 1 aromatic carbocycles. The van der Waals surface area contributed by atoms with Gasteiger partial charge < -0.3 is 9.80 Å². The Labute approximate surface area is 192 Å². The van der Waals surface area contributed by atoms with E-state index in [1.807, 2.05) is 36.2 Å². The Balaban J connectivity index is 1.24. The molecule has 2 fully saturated rings. The molecule has 5 rings (SSSR count). The Bertz CT molecular complexity index is 968. The van der Waals surface area contributed by atoms with Crippen LogP contribution in [0.15, 0.2) is 28.9 Å². The number of fused-ring (bicyclic) bond motifs is 1. The molecule has 1 aromatic heterocycles. The van der Waals surface area contributed by atoms with Crippen LogP contribution in [0.3, 0.4) is 0 Å². The van der Waals surface area contributed by atoms with Gasteiger partial charge in [0, 0.05) is 68.0 Å². The first-order valence-electron chi connectivity index (χ1n) is 11.5. The Morgan fingerprint density at radius 1 is 1.06 bits per heavy atom. The summed E-state index contributed by atoms with van der Waals surface area (Å²) in [5.74, 6) is 0.947. The molecule has 0 unspecified atom stereocenters. The van der Waals surface area contributed by atoms with Crippen LogP contribution in [-0.2, 0) is 12.8 Å². The van der Waals surface area contributed by atoms with Crippen LogP contribution >= 0.6 is 15.9 Å². The highest BCUT2D eigenvalue weighted by molar-refractivity contribution is 9.10. The van der Waals surface area contributed by atoms with Crippen molar-refractivity contribution in [1.82, 2.24) is 19.8 Å². The van der Waals surface area contributed by atoms with E-state index in [-0.39, 0.29) is 5.91 Å². The number of carbonyl (C=O) groups is 1. The molecule has 164 valence electrons. The minimum atomic E-state index is 0.0915. The Hall–Kier alpha value is -1.99. The zero-order chi connectivity index (χ0) is 21.4. The van der Waals surface area contributed by atoms with Crippen molar-refractivity contribution in [3.63, 3.8) is 0 Å². The van der Waals surface area contributed by atoms with E-state index in [4.69, 9.17) is 9.97 Å². The van der Waals surface area contributed by atoms with Gasteiger partial charge in [0.2, 0.25) is 5.95 Å². The maximum atomic E-state index is 13.1. The van der Waals surface area contributed by atoms with Crippen molar-refractivity contribution in [2.24, 2.45) is 0 Å². The lowest BCUT2D eigenvalue weighted by molar-refractivity contribution is 0.0763. The molecule has 0 spiro atoms. The predicted molar refractivity (Wildman–Crippen MR) is 126 cm³/mol. The molecule has 1 amide bonds. The van der Waals surface area contributed by atoms with E-state index in [0.29, 0.717) is 13.1 Å². The van der Waals surface area contributed by atoms with Gasteiger partial charge in [0.25, 0.3) is 5.91 Å². The second-order valence-corrected chi connectivity index (χ2v) is 9.86. The average Bonchev–Trinajstić information content (AvgIpc) is 2.97. The molecule has 0 bridgehead atoms. The maximum Gasteiger partial charge on any atom is 0.253 e. The van der Waals surface area contributed by atoms with Crippen LogP contribution in [-0.4, -0.2) is 71.0 Å². The van der Waals surface area contributed by atoms with Crippen LogP contribution < -0.4 is 4.90 Å². The van der Waals surface area contributed by atoms with E-state index in [9.17, 15) is 4.79 Å². The third-order valence-electron chi connectivity index (χ3n) is 7.11. The predicted octanol–water partition coefficient (Wildman–Crippen LogP) is 3.46. The molecule has 3 heterocycles. The number of halogens is 1. The summed E-state index contributed by atoms with van der Waals surface area (Å²) in [6, 6.07) is 6.65. The van der Waals surface area contributed by atoms with Crippen molar-refractivity contribution >= 4 is 27.8 Å². The summed E-state index contributed by atoms with van der Waals surface area (Å²) in [6.45, 7) is 7.66.